The molecule has 2 rings (SSSR count). The Morgan fingerprint density at radius 1 is 1.33 bits per heavy atom. The van der Waals surface area contributed by atoms with Gasteiger partial charge in [0.2, 0.25) is 0 Å². The summed E-state index contributed by atoms with van der Waals surface area (Å²) in [5.41, 5.74) is 1.92. The van der Waals surface area contributed by atoms with Gasteiger partial charge in [0, 0.05) is 11.3 Å². The van der Waals surface area contributed by atoms with E-state index >= 15 is 0 Å². The van der Waals surface area contributed by atoms with E-state index in [0.717, 1.165) is 17.5 Å². The normalized spacial score (nSPS) is 14.9. The summed E-state index contributed by atoms with van der Waals surface area (Å²) in [6.45, 7) is 0.393. The summed E-state index contributed by atoms with van der Waals surface area (Å²) in [6.07, 6.45) is 2.77. The average molecular weight is 225 g/mol. The van der Waals surface area contributed by atoms with Crippen LogP contribution in [-0.4, -0.2) is 21.2 Å². The van der Waals surface area contributed by atoms with Crippen molar-refractivity contribution in [3.05, 3.63) is 35.6 Å². The van der Waals surface area contributed by atoms with Gasteiger partial charge in [-0.2, -0.15) is 8.42 Å². The van der Waals surface area contributed by atoms with Gasteiger partial charge < -0.3 is 9.50 Å². The lowest BCUT2D eigenvalue weighted by Gasteiger charge is -2.17. The fraction of sp³-hybridized carbons (Fsp3) is 0.200. The molecular weight excluding hydrogens is 214 g/mol. The molecule has 0 spiro atoms. The third-order valence-electron chi connectivity index (χ3n) is 1.99. The van der Waals surface area contributed by atoms with Gasteiger partial charge >= 0.3 is 10.1 Å². The maximum atomic E-state index is 10.9. The molecule has 1 aliphatic rings. The molecule has 0 aromatic heterocycles. The third kappa shape index (κ3) is 2.50. The Labute approximate surface area is 88.7 Å². The van der Waals surface area contributed by atoms with Gasteiger partial charge in [0.1, 0.15) is 5.76 Å². The molecule has 0 radical (unpaired) electrons. The fourth-order valence-corrected chi connectivity index (χ4v) is 1.93. The van der Waals surface area contributed by atoms with Gasteiger partial charge in [0.05, 0.1) is 12.8 Å². The predicted octanol–water partition coefficient (Wildman–Crippen LogP) is 1.43. The summed E-state index contributed by atoms with van der Waals surface area (Å²) in [5.74, 6) is 0.413. The highest BCUT2D eigenvalue weighted by atomic mass is 32.2. The van der Waals surface area contributed by atoms with E-state index in [1.54, 1.807) is 6.08 Å². The van der Waals surface area contributed by atoms with Crippen LogP contribution < -0.4 is 5.32 Å². The number of anilines is 1. The van der Waals surface area contributed by atoms with E-state index in [-0.39, 0.29) is 0 Å². The van der Waals surface area contributed by atoms with Crippen LogP contribution in [0.5, 0.6) is 0 Å². The number of hydrogen-bond donors (Lipinski definition) is 1. The summed E-state index contributed by atoms with van der Waals surface area (Å²) in [5, 5.41) is 3.08. The Bertz CT molecular complexity index is 505. The van der Waals surface area contributed by atoms with Crippen molar-refractivity contribution in [3.8, 4) is 0 Å². The molecule has 0 fully saturated rings. The molecular formula is C10H11NO3S. The lowest BCUT2D eigenvalue weighted by molar-refractivity contribution is 0.412. The maximum absolute atomic E-state index is 10.9. The molecule has 1 aliphatic heterocycles. The molecule has 0 bridgehead atoms. The van der Waals surface area contributed by atoms with Crippen LogP contribution in [-0.2, 0) is 14.3 Å². The first-order valence-electron chi connectivity index (χ1n) is 4.47. The summed E-state index contributed by atoms with van der Waals surface area (Å²) in [4.78, 5) is 0. The minimum absolute atomic E-state index is 0.393. The van der Waals surface area contributed by atoms with Crippen molar-refractivity contribution in [2.45, 2.75) is 0 Å². The maximum Gasteiger partial charge on any atom is 0.305 e. The number of fused-ring (bicyclic) bond motifs is 1. The highest BCUT2D eigenvalue weighted by molar-refractivity contribution is 7.86. The smallest absolute Gasteiger partial charge is 0.305 e. The van der Waals surface area contributed by atoms with Crippen LogP contribution in [0.1, 0.15) is 5.56 Å². The minimum Gasteiger partial charge on any atom is -0.385 e. The molecule has 5 heteroatoms. The molecule has 80 valence electrons. The van der Waals surface area contributed by atoms with Crippen molar-refractivity contribution in [2.24, 2.45) is 0 Å². The van der Waals surface area contributed by atoms with Gasteiger partial charge in [-0.25, -0.2) is 0 Å². The zero-order valence-electron chi connectivity index (χ0n) is 8.23. The lowest BCUT2D eigenvalue weighted by Crippen LogP contribution is -2.15. The predicted molar refractivity (Wildman–Crippen MR) is 58.8 cm³/mol. The van der Waals surface area contributed by atoms with Crippen molar-refractivity contribution in [3.63, 3.8) is 0 Å². The first-order valence-corrected chi connectivity index (χ1v) is 6.29. The summed E-state index contributed by atoms with van der Waals surface area (Å²) < 4.78 is 26.6. The van der Waals surface area contributed by atoms with E-state index in [1.165, 1.54) is 0 Å². The van der Waals surface area contributed by atoms with E-state index in [1.807, 2.05) is 24.3 Å². The highest BCUT2D eigenvalue weighted by Gasteiger charge is 2.13. The summed E-state index contributed by atoms with van der Waals surface area (Å²) in [7, 11) is -3.43. The monoisotopic (exact) mass is 225 g/mol. The Hall–Kier alpha value is -1.49. The first kappa shape index (κ1) is 10.0. The van der Waals surface area contributed by atoms with Crippen LogP contribution in [0.2, 0.25) is 0 Å². The average Bonchev–Trinajstić information content (AvgIpc) is 2.15. The molecule has 0 unspecified atom stereocenters. The van der Waals surface area contributed by atoms with Crippen molar-refractivity contribution < 1.29 is 12.6 Å². The van der Waals surface area contributed by atoms with Crippen molar-refractivity contribution in [1.82, 2.24) is 0 Å². The van der Waals surface area contributed by atoms with E-state index in [0.29, 0.717) is 12.3 Å². The number of benzene rings is 1. The molecule has 0 atom stereocenters. The fourth-order valence-electron chi connectivity index (χ4n) is 1.44. The minimum atomic E-state index is -3.43. The Kier molecular flexibility index (Phi) is 2.40. The molecule has 4 nitrogen and oxygen atoms in total. The van der Waals surface area contributed by atoms with Crippen LogP contribution in [0, 0.1) is 0 Å². The lowest BCUT2D eigenvalue weighted by atomic mass is 10.1. The molecule has 0 saturated heterocycles. The van der Waals surface area contributed by atoms with Gasteiger partial charge in [-0.3, -0.25) is 0 Å². The standard InChI is InChI=1S/C10H11NO3S/c1-15(12,13)14-9-6-8-4-2-3-5-10(8)11-7-9/h2-6,11H,7H2,1H3. The van der Waals surface area contributed by atoms with Crippen LogP contribution in [0.25, 0.3) is 6.08 Å². The first-order chi connectivity index (χ1) is 7.04. The Morgan fingerprint density at radius 2 is 2.07 bits per heavy atom. The second-order valence-corrected chi connectivity index (χ2v) is 4.91. The molecule has 1 aromatic rings. The largest absolute Gasteiger partial charge is 0.385 e. The highest BCUT2D eigenvalue weighted by Crippen LogP contribution is 2.23. The molecule has 15 heavy (non-hydrogen) atoms. The van der Waals surface area contributed by atoms with Gasteiger partial charge in [0.15, 0.2) is 0 Å². The number of rotatable bonds is 2. The zero-order chi connectivity index (χ0) is 10.9. The van der Waals surface area contributed by atoms with Gasteiger partial charge in [-0.1, -0.05) is 18.2 Å². The summed E-state index contributed by atoms with van der Waals surface area (Å²) in [6, 6.07) is 7.64. The van der Waals surface area contributed by atoms with Crippen molar-refractivity contribution in [2.75, 3.05) is 18.1 Å². The van der Waals surface area contributed by atoms with Crippen LogP contribution >= 0.6 is 0 Å². The molecule has 1 N–H and O–H groups in total. The van der Waals surface area contributed by atoms with Gasteiger partial charge in [-0.05, 0) is 12.1 Å². The van der Waals surface area contributed by atoms with Crippen LogP contribution in [0.3, 0.4) is 0 Å². The zero-order valence-corrected chi connectivity index (χ0v) is 9.04. The third-order valence-corrected chi connectivity index (χ3v) is 2.51. The van der Waals surface area contributed by atoms with Gasteiger partial charge in [0.25, 0.3) is 0 Å². The second kappa shape index (κ2) is 3.58. The van der Waals surface area contributed by atoms with Crippen LogP contribution in [0.15, 0.2) is 30.0 Å². The SMILES string of the molecule is CS(=O)(=O)OC1=Cc2ccccc2NC1. The Morgan fingerprint density at radius 3 is 2.80 bits per heavy atom. The topological polar surface area (TPSA) is 55.4 Å². The van der Waals surface area contributed by atoms with E-state index in [9.17, 15) is 8.42 Å². The molecule has 0 saturated carbocycles. The molecule has 0 aliphatic carbocycles. The molecule has 1 aromatic carbocycles. The Balaban J connectivity index is 2.30. The van der Waals surface area contributed by atoms with E-state index < -0.39 is 10.1 Å². The van der Waals surface area contributed by atoms with E-state index in [2.05, 4.69) is 5.32 Å². The van der Waals surface area contributed by atoms with Gasteiger partial charge in [-0.15, -0.1) is 0 Å². The quantitative estimate of drug-likeness (QED) is 0.773. The van der Waals surface area contributed by atoms with E-state index in [4.69, 9.17) is 4.18 Å². The van der Waals surface area contributed by atoms with Crippen molar-refractivity contribution in [1.29, 1.82) is 0 Å². The number of para-hydroxylation sites is 1. The second-order valence-electron chi connectivity index (χ2n) is 3.34. The molecule has 0 amide bonds. The molecule has 1 heterocycles. The number of nitrogens with one attached hydrogen (secondary N) is 1. The number of hydrogen-bond acceptors (Lipinski definition) is 4. The van der Waals surface area contributed by atoms with Crippen molar-refractivity contribution >= 4 is 21.9 Å². The summed E-state index contributed by atoms with van der Waals surface area (Å²) >= 11 is 0. The van der Waals surface area contributed by atoms with Crippen LogP contribution in [0.4, 0.5) is 5.69 Å².